The van der Waals surface area contributed by atoms with Gasteiger partial charge in [0.15, 0.2) is 0 Å². The van der Waals surface area contributed by atoms with Crippen LogP contribution >= 0.6 is 0 Å². The molecular formula is C15H24N2O. The predicted molar refractivity (Wildman–Crippen MR) is 76.9 cm³/mol. The van der Waals surface area contributed by atoms with Crippen molar-refractivity contribution in [3.8, 4) is 0 Å². The Kier molecular flexibility index (Phi) is 4.76. The monoisotopic (exact) mass is 248 g/mol. The minimum Gasteiger partial charge on any atom is -0.388 e. The van der Waals surface area contributed by atoms with Crippen LogP contribution in [0.2, 0.25) is 0 Å². The fourth-order valence-corrected chi connectivity index (χ4v) is 1.40. The van der Waals surface area contributed by atoms with Gasteiger partial charge in [-0.3, -0.25) is 4.79 Å². The Balaban J connectivity index is 2.60. The second kappa shape index (κ2) is 5.89. The number of benzene rings is 1. The van der Waals surface area contributed by atoms with Crippen LogP contribution in [0.1, 0.15) is 38.1 Å². The van der Waals surface area contributed by atoms with Crippen LogP contribution in [-0.2, 0) is 0 Å². The van der Waals surface area contributed by atoms with Gasteiger partial charge in [-0.05, 0) is 35.6 Å². The lowest BCUT2D eigenvalue weighted by atomic mass is 9.81. The second-order valence-electron chi connectivity index (χ2n) is 5.65. The quantitative estimate of drug-likeness (QED) is 0.840. The van der Waals surface area contributed by atoms with Gasteiger partial charge >= 0.3 is 0 Å². The van der Waals surface area contributed by atoms with Crippen LogP contribution in [-0.4, -0.2) is 19.5 Å². The highest BCUT2D eigenvalue weighted by molar-refractivity contribution is 5.94. The third kappa shape index (κ3) is 3.76. The summed E-state index contributed by atoms with van der Waals surface area (Å²) >= 11 is 0. The fourth-order valence-electron chi connectivity index (χ4n) is 1.40. The molecule has 0 aromatic heterocycles. The predicted octanol–water partition coefficient (Wildman–Crippen LogP) is 3.14. The zero-order valence-electron chi connectivity index (χ0n) is 12.0. The minimum atomic E-state index is -0.00798. The molecule has 0 unspecified atom stereocenters. The number of nitrogens with one attached hydrogen (secondary N) is 2. The van der Waals surface area contributed by atoms with E-state index in [-0.39, 0.29) is 11.3 Å². The zero-order valence-corrected chi connectivity index (χ0v) is 12.0. The number of carbonyl (C=O) groups excluding carboxylic acids is 1. The van der Waals surface area contributed by atoms with Crippen molar-refractivity contribution in [2.75, 3.05) is 18.9 Å². The summed E-state index contributed by atoms with van der Waals surface area (Å²) in [6, 6.07) is 7.48. The molecule has 3 heteroatoms. The Morgan fingerprint density at radius 2 is 1.78 bits per heavy atom. The van der Waals surface area contributed by atoms with Gasteiger partial charge in [-0.15, -0.1) is 0 Å². The van der Waals surface area contributed by atoms with Crippen molar-refractivity contribution >= 4 is 11.6 Å². The number of carbonyl (C=O) groups is 1. The lowest BCUT2D eigenvalue weighted by Crippen LogP contribution is -2.36. The van der Waals surface area contributed by atoms with Gasteiger partial charge in [0.05, 0.1) is 0 Å². The maximum atomic E-state index is 12.0. The molecule has 0 aliphatic heterocycles. The summed E-state index contributed by atoms with van der Waals surface area (Å²) in [5.41, 5.74) is 1.82. The molecule has 1 amide bonds. The topological polar surface area (TPSA) is 41.1 Å². The summed E-state index contributed by atoms with van der Waals surface area (Å²) in [4.78, 5) is 12.0. The lowest BCUT2D eigenvalue weighted by molar-refractivity contribution is 0.0925. The highest BCUT2D eigenvalue weighted by Gasteiger charge is 2.23. The van der Waals surface area contributed by atoms with Gasteiger partial charge in [-0.1, -0.05) is 27.7 Å². The zero-order chi connectivity index (χ0) is 13.8. The molecule has 0 fully saturated rings. The van der Waals surface area contributed by atoms with E-state index in [1.165, 1.54) is 0 Å². The normalized spacial score (nSPS) is 11.4. The molecule has 2 N–H and O–H groups in total. The van der Waals surface area contributed by atoms with Crippen molar-refractivity contribution in [2.24, 2.45) is 11.3 Å². The van der Waals surface area contributed by atoms with E-state index in [4.69, 9.17) is 0 Å². The summed E-state index contributed by atoms with van der Waals surface area (Å²) in [7, 11) is 1.86. The van der Waals surface area contributed by atoms with Gasteiger partial charge in [0.25, 0.3) is 5.91 Å². The smallest absolute Gasteiger partial charge is 0.251 e. The van der Waals surface area contributed by atoms with Gasteiger partial charge in [0.2, 0.25) is 0 Å². The maximum absolute atomic E-state index is 12.0. The lowest BCUT2D eigenvalue weighted by Gasteiger charge is -2.29. The molecule has 0 aliphatic rings. The van der Waals surface area contributed by atoms with E-state index >= 15 is 0 Å². The Hall–Kier alpha value is -1.51. The van der Waals surface area contributed by atoms with Crippen LogP contribution in [0, 0.1) is 11.3 Å². The molecule has 0 heterocycles. The number of anilines is 1. The number of rotatable bonds is 5. The fraction of sp³-hybridized carbons (Fsp3) is 0.533. The molecule has 0 spiro atoms. The maximum Gasteiger partial charge on any atom is 0.251 e. The summed E-state index contributed by atoms with van der Waals surface area (Å²) in [6.07, 6.45) is 0. The highest BCUT2D eigenvalue weighted by atomic mass is 16.1. The van der Waals surface area contributed by atoms with Gasteiger partial charge in [-0.2, -0.15) is 0 Å². The summed E-state index contributed by atoms with van der Waals surface area (Å²) in [5, 5.41) is 6.03. The number of hydrogen-bond acceptors (Lipinski definition) is 2. The molecule has 0 radical (unpaired) electrons. The molecule has 0 aliphatic carbocycles. The molecule has 0 bridgehead atoms. The largest absolute Gasteiger partial charge is 0.388 e. The van der Waals surface area contributed by atoms with Crippen LogP contribution in [0.15, 0.2) is 24.3 Å². The van der Waals surface area contributed by atoms with Crippen molar-refractivity contribution in [1.29, 1.82) is 0 Å². The van der Waals surface area contributed by atoms with E-state index in [1.807, 2.05) is 31.3 Å². The minimum absolute atomic E-state index is 0.00798. The van der Waals surface area contributed by atoms with Crippen LogP contribution in [0.5, 0.6) is 0 Å². The average Bonchev–Trinajstić information content (AvgIpc) is 2.36. The number of amides is 1. The molecule has 1 rings (SSSR count). The van der Waals surface area contributed by atoms with Crippen molar-refractivity contribution in [2.45, 2.75) is 27.7 Å². The van der Waals surface area contributed by atoms with Crippen LogP contribution in [0.25, 0.3) is 0 Å². The van der Waals surface area contributed by atoms with E-state index in [2.05, 4.69) is 38.3 Å². The van der Waals surface area contributed by atoms with Gasteiger partial charge in [-0.25, -0.2) is 0 Å². The SMILES string of the molecule is CNc1ccc(C(=O)NCC(C)(C)C(C)C)cc1. The molecule has 0 saturated carbocycles. The number of hydrogen-bond donors (Lipinski definition) is 2. The molecular weight excluding hydrogens is 224 g/mol. The van der Waals surface area contributed by atoms with Gasteiger partial charge in [0.1, 0.15) is 0 Å². The van der Waals surface area contributed by atoms with E-state index < -0.39 is 0 Å². The summed E-state index contributed by atoms with van der Waals surface area (Å²) in [6.45, 7) is 9.38. The first-order valence-electron chi connectivity index (χ1n) is 6.43. The van der Waals surface area contributed by atoms with E-state index in [1.54, 1.807) is 0 Å². The molecule has 1 aromatic carbocycles. The Labute approximate surface area is 110 Å². The summed E-state index contributed by atoms with van der Waals surface area (Å²) < 4.78 is 0. The highest BCUT2D eigenvalue weighted by Crippen LogP contribution is 2.24. The molecule has 18 heavy (non-hydrogen) atoms. The third-order valence-electron chi connectivity index (χ3n) is 3.70. The second-order valence-corrected chi connectivity index (χ2v) is 5.65. The Morgan fingerprint density at radius 3 is 2.22 bits per heavy atom. The van der Waals surface area contributed by atoms with E-state index in [9.17, 15) is 4.79 Å². The molecule has 100 valence electrons. The first-order chi connectivity index (χ1) is 8.36. The van der Waals surface area contributed by atoms with Crippen molar-refractivity contribution in [1.82, 2.24) is 5.32 Å². The van der Waals surface area contributed by atoms with Crippen molar-refractivity contribution in [3.63, 3.8) is 0 Å². The van der Waals surface area contributed by atoms with E-state index in [0.29, 0.717) is 18.0 Å². The van der Waals surface area contributed by atoms with Crippen LogP contribution < -0.4 is 10.6 Å². The first-order valence-corrected chi connectivity index (χ1v) is 6.43. The van der Waals surface area contributed by atoms with E-state index in [0.717, 1.165) is 5.69 Å². The molecule has 3 nitrogen and oxygen atoms in total. The molecule has 0 atom stereocenters. The molecule has 1 aromatic rings. The van der Waals surface area contributed by atoms with Crippen LogP contribution in [0.4, 0.5) is 5.69 Å². The van der Waals surface area contributed by atoms with Crippen molar-refractivity contribution in [3.05, 3.63) is 29.8 Å². The van der Waals surface area contributed by atoms with Gasteiger partial charge in [0, 0.05) is 24.8 Å². The average molecular weight is 248 g/mol. The Morgan fingerprint density at radius 1 is 1.22 bits per heavy atom. The van der Waals surface area contributed by atoms with Gasteiger partial charge < -0.3 is 10.6 Å². The first kappa shape index (κ1) is 14.6. The summed E-state index contributed by atoms with van der Waals surface area (Å²) in [5.74, 6) is 0.524. The van der Waals surface area contributed by atoms with Crippen molar-refractivity contribution < 1.29 is 4.79 Å². The Bertz CT molecular complexity index is 393. The van der Waals surface area contributed by atoms with Crippen LogP contribution in [0.3, 0.4) is 0 Å². The molecule has 0 saturated heterocycles. The third-order valence-corrected chi connectivity index (χ3v) is 3.70. The standard InChI is InChI=1S/C15H24N2O/c1-11(2)15(3,4)10-17-14(18)12-6-8-13(16-5)9-7-12/h6-9,11,16H,10H2,1-5H3,(H,17,18).